The summed E-state index contributed by atoms with van der Waals surface area (Å²) in [4.78, 5) is 10.4. The van der Waals surface area contributed by atoms with Crippen LogP contribution in [-0.2, 0) is 4.79 Å². The fraction of sp³-hybridized carbons (Fsp3) is 0.750. The molecule has 0 spiro atoms. The van der Waals surface area contributed by atoms with Crippen LogP contribution in [0.15, 0.2) is 0 Å². The summed E-state index contributed by atoms with van der Waals surface area (Å²) < 4.78 is 0. The first-order chi connectivity index (χ1) is 3.79. The molecule has 4 nitrogen and oxygen atoms in total. The van der Waals surface area contributed by atoms with Crippen molar-refractivity contribution in [3.8, 4) is 0 Å². The van der Waals surface area contributed by atoms with Gasteiger partial charge in [-0.2, -0.15) is 0 Å². The molecule has 0 saturated carbocycles. The van der Waals surface area contributed by atoms with Crippen molar-refractivity contribution >= 4 is 5.91 Å². The maximum Gasteiger partial charge on any atom is 0.224 e. The monoisotopic (exact) mass is 116 g/mol. The van der Waals surface area contributed by atoms with Crippen LogP contribution in [-0.4, -0.2) is 23.9 Å². The zero-order valence-corrected chi connectivity index (χ0v) is 4.35. The van der Waals surface area contributed by atoms with Gasteiger partial charge in [-0.3, -0.25) is 10.1 Å². The zero-order chi connectivity index (χ0) is 5.98. The van der Waals surface area contributed by atoms with E-state index in [2.05, 4.69) is 10.6 Å². The molecular formula is C4H8N2O2. The number of aliphatic hydroxyl groups excluding tert-OH is 1. The highest BCUT2D eigenvalue weighted by molar-refractivity contribution is 5.76. The molecule has 1 amide bonds. The van der Waals surface area contributed by atoms with Crippen LogP contribution >= 0.6 is 0 Å². The summed E-state index contributed by atoms with van der Waals surface area (Å²) in [6.45, 7) is 0.562. The van der Waals surface area contributed by atoms with Crippen LogP contribution in [0.1, 0.15) is 6.42 Å². The van der Waals surface area contributed by atoms with Crippen LogP contribution in [0.3, 0.4) is 0 Å². The van der Waals surface area contributed by atoms with Crippen LogP contribution < -0.4 is 10.6 Å². The SMILES string of the molecule is O=C1CCNC(O)N1. The van der Waals surface area contributed by atoms with Crippen LogP contribution in [0, 0.1) is 0 Å². The third-order valence-electron chi connectivity index (χ3n) is 0.987. The first-order valence-corrected chi connectivity index (χ1v) is 2.50. The maximum atomic E-state index is 10.4. The average molecular weight is 116 g/mol. The van der Waals surface area contributed by atoms with E-state index in [1.807, 2.05) is 0 Å². The second-order valence-corrected chi connectivity index (χ2v) is 1.67. The van der Waals surface area contributed by atoms with Crippen molar-refractivity contribution in [2.45, 2.75) is 12.8 Å². The number of carbonyl (C=O) groups excluding carboxylic acids is 1. The summed E-state index contributed by atoms with van der Waals surface area (Å²) >= 11 is 0. The summed E-state index contributed by atoms with van der Waals surface area (Å²) in [5.41, 5.74) is 0. The van der Waals surface area contributed by atoms with Gasteiger partial charge in [0.25, 0.3) is 0 Å². The van der Waals surface area contributed by atoms with Crippen molar-refractivity contribution in [2.75, 3.05) is 6.54 Å². The minimum Gasteiger partial charge on any atom is -0.361 e. The normalized spacial score (nSPS) is 29.6. The highest BCUT2D eigenvalue weighted by Gasteiger charge is 2.12. The Bertz CT molecular complexity index is 104. The Kier molecular flexibility index (Phi) is 1.45. The van der Waals surface area contributed by atoms with Gasteiger partial charge in [-0.05, 0) is 0 Å². The summed E-state index contributed by atoms with van der Waals surface area (Å²) in [5.74, 6) is -0.101. The summed E-state index contributed by atoms with van der Waals surface area (Å²) in [5, 5.41) is 13.6. The van der Waals surface area contributed by atoms with E-state index in [9.17, 15) is 4.79 Å². The lowest BCUT2D eigenvalue weighted by molar-refractivity contribution is -0.127. The molecule has 1 unspecified atom stereocenters. The molecule has 1 aliphatic heterocycles. The van der Waals surface area contributed by atoms with E-state index in [1.54, 1.807) is 0 Å². The lowest BCUT2D eigenvalue weighted by atomic mass is 10.3. The summed E-state index contributed by atoms with van der Waals surface area (Å²) in [6, 6.07) is 0. The Hall–Kier alpha value is -0.610. The predicted octanol–water partition coefficient (Wildman–Crippen LogP) is -1.63. The molecule has 3 N–H and O–H groups in total. The topological polar surface area (TPSA) is 61.4 Å². The standard InChI is InChI=1S/C4H8N2O2/c7-3-1-2-5-4(8)6-3/h4-5,8H,1-2H2,(H,6,7). The minimum absolute atomic E-state index is 0.101. The average Bonchev–Trinajstić information content (AvgIpc) is 1.64. The van der Waals surface area contributed by atoms with Crippen molar-refractivity contribution in [1.29, 1.82) is 0 Å². The van der Waals surface area contributed by atoms with Crippen LogP contribution in [0.25, 0.3) is 0 Å². The van der Waals surface area contributed by atoms with Crippen molar-refractivity contribution in [1.82, 2.24) is 10.6 Å². The fourth-order valence-electron chi connectivity index (χ4n) is 0.598. The number of hydrogen-bond acceptors (Lipinski definition) is 3. The second kappa shape index (κ2) is 2.11. The minimum atomic E-state index is -0.837. The molecule has 46 valence electrons. The first-order valence-electron chi connectivity index (χ1n) is 2.50. The van der Waals surface area contributed by atoms with Gasteiger partial charge in [0, 0.05) is 13.0 Å². The highest BCUT2D eigenvalue weighted by Crippen LogP contribution is 1.85. The van der Waals surface area contributed by atoms with E-state index >= 15 is 0 Å². The molecule has 1 aliphatic rings. The third kappa shape index (κ3) is 1.18. The Morgan fingerprint density at radius 3 is 2.88 bits per heavy atom. The Labute approximate surface area is 46.9 Å². The molecular weight excluding hydrogens is 108 g/mol. The van der Waals surface area contributed by atoms with Crippen molar-refractivity contribution < 1.29 is 9.90 Å². The molecule has 1 fully saturated rings. The maximum absolute atomic E-state index is 10.4. The molecule has 0 aliphatic carbocycles. The Balaban J connectivity index is 2.34. The third-order valence-corrected chi connectivity index (χ3v) is 0.987. The van der Waals surface area contributed by atoms with Crippen molar-refractivity contribution in [3.05, 3.63) is 0 Å². The highest BCUT2D eigenvalue weighted by atomic mass is 16.3. The quantitative estimate of drug-likeness (QED) is 0.356. The number of rotatable bonds is 0. The first kappa shape index (κ1) is 5.53. The van der Waals surface area contributed by atoms with Crippen LogP contribution in [0.4, 0.5) is 0 Å². The summed E-state index contributed by atoms with van der Waals surface area (Å²) in [7, 11) is 0. The van der Waals surface area contributed by atoms with E-state index in [4.69, 9.17) is 5.11 Å². The second-order valence-electron chi connectivity index (χ2n) is 1.67. The van der Waals surface area contributed by atoms with Gasteiger partial charge in [-0.25, -0.2) is 0 Å². The Morgan fingerprint density at radius 2 is 2.50 bits per heavy atom. The number of nitrogens with one attached hydrogen (secondary N) is 2. The largest absolute Gasteiger partial charge is 0.361 e. The van der Waals surface area contributed by atoms with Gasteiger partial charge in [0.2, 0.25) is 5.91 Å². The van der Waals surface area contributed by atoms with E-state index < -0.39 is 6.35 Å². The molecule has 0 bridgehead atoms. The van der Waals surface area contributed by atoms with E-state index in [0.717, 1.165) is 0 Å². The fourth-order valence-corrected chi connectivity index (χ4v) is 0.598. The van der Waals surface area contributed by atoms with Crippen LogP contribution in [0.2, 0.25) is 0 Å². The van der Waals surface area contributed by atoms with Crippen LogP contribution in [0.5, 0.6) is 0 Å². The molecule has 1 saturated heterocycles. The smallest absolute Gasteiger partial charge is 0.224 e. The Morgan fingerprint density at radius 1 is 1.75 bits per heavy atom. The van der Waals surface area contributed by atoms with E-state index in [-0.39, 0.29) is 5.91 Å². The van der Waals surface area contributed by atoms with Gasteiger partial charge in [0.05, 0.1) is 0 Å². The van der Waals surface area contributed by atoms with E-state index in [0.29, 0.717) is 13.0 Å². The van der Waals surface area contributed by atoms with Gasteiger partial charge in [0.15, 0.2) is 6.35 Å². The number of aliphatic hydroxyl groups is 1. The molecule has 1 heterocycles. The predicted molar refractivity (Wildman–Crippen MR) is 26.8 cm³/mol. The van der Waals surface area contributed by atoms with E-state index in [1.165, 1.54) is 0 Å². The van der Waals surface area contributed by atoms with Gasteiger partial charge in [0.1, 0.15) is 0 Å². The van der Waals surface area contributed by atoms with Gasteiger partial charge in [-0.1, -0.05) is 0 Å². The molecule has 1 atom stereocenters. The zero-order valence-electron chi connectivity index (χ0n) is 4.35. The lowest BCUT2D eigenvalue weighted by Crippen LogP contribution is -2.51. The van der Waals surface area contributed by atoms with Gasteiger partial charge in [-0.15, -0.1) is 0 Å². The molecule has 0 aromatic heterocycles. The summed E-state index contributed by atoms with van der Waals surface area (Å²) in [6.07, 6.45) is -0.381. The molecule has 0 radical (unpaired) electrons. The number of carbonyl (C=O) groups is 1. The lowest BCUT2D eigenvalue weighted by Gasteiger charge is -2.18. The molecule has 4 heteroatoms. The number of hydrogen-bond donors (Lipinski definition) is 3. The number of amides is 1. The molecule has 8 heavy (non-hydrogen) atoms. The van der Waals surface area contributed by atoms with Crippen molar-refractivity contribution in [2.24, 2.45) is 0 Å². The van der Waals surface area contributed by atoms with Gasteiger partial charge >= 0.3 is 0 Å². The van der Waals surface area contributed by atoms with Crippen molar-refractivity contribution in [3.63, 3.8) is 0 Å². The molecule has 1 rings (SSSR count). The van der Waals surface area contributed by atoms with Gasteiger partial charge < -0.3 is 10.4 Å². The molecule has 0 aromatic rings. The molecule has 0 aromatic carbocycles.